The molecule has 0 aromatic heterocycles. The van der Waals surface area contributed by atoms with E-state index in [-0.39, 0.29) is 12.5 Å². The van der Waals surface area contributed by atoms with Gasteiger partial charge in [0.2, 0.25) is 15.9 Å². The predicted octanol–water partition coefficient (Wildman–Crippen LogP) is 3.17. The van der Waals surface area contributed by atoms with Gasteiger partial charge < -0.3 is 5.32 Å². The number of likely N-dealkylation sites (N-methyl/N-ethyl adjacent to an activating group) is 1. The van der Waals surface area contributed by atoms with E-state index in [0.29, 0.717) is 0 Å². The Labute approximate surface area is 149 Å². The third kappa shape index (κ3) is 5.27. The fourth-order valence-electron chi connectivity index (χ4n) is 2.32. The van der Waals surface area contributed by atoms with Gasteiger partial charge in [0.1, 0.15) is 0 Å². The van der Waals surface area contributed by atoms with Gasteiger partial charge in [0, 0.05) is 18.1 Å². The Balaban J connectivity index is 2.04. The molecule has 0 bridgehead atoms. The zero-order valence-corrected chi connectivity index (χ0v) is 15.4. The van der Waals surface area contributed by atoms with Crippen LogP contribution in [0.5, 0.6) is 0 Å². The van der Waals surface area contributed by atoms with E-state index >= 15 is 0 Å². The molecular weight excluding hydrogens is 336 g/mol. The van der Waals surface area contributed by atoms with Gasteiger partial charge in [-0.15, -0.1) is 0 Å². The lowest BCUT2D eigenvalue weighted by Crippen LogP contribution is -2.34. The first kappa shape index (κ1) is 18.9. The number of nitrogens with one attached hydrogen (secondary N) is 1. The second kappa shape index (κ2) is 8.09. The van der Waals surface area contributed by atoms with Gasteiger partial charge in [-0.2, -0.15) is 4.31 Å². The summed E-state index contributed by atoms with van der Waals surface area (Å²) in [5, 5.41) is 3.89. The SMILES string of the molecule is Cc1cccc(C)c1NC(=O)CN(C)S(=O)(=O)/C=C/c1ccccc1. The minimum atomic E-state index is -3.67. The second-order valence-corrected chi connectivity index (χ2v) is 7.75. The third-order valence-corrected chi connectivity index (χ3v) is 5.26. The highest BCUT2D eigenvalue weighted by molar-refractivity contribution is 7.92. The fraction of sp³-hybridized carbons (Fsp3) is 0.211. The number of rotatable bonds is 6. The quantitative estimate of drug-likeness (QED) is 0.862. The molecule has 0 saturated carbocycles. The lowest BCUT2D eigenvalue weighted by molar-refractivity contribution is -0.116. The summed E-state index contributed by atoms with van der Waals surface area (Å²) in [6.45, 7) is 3.53. The van der Waals surface area contributed by atoms with Gasteiger partial charge in [0.15, 0.2) is 0 Å². The number of aryl methyl sites for hydroxylation is 2. The van der Waals surface area contributed by atoms with Crippen molar-refractivity contribution in [1.82, 2.24) is 4.31 Å². The van der Waals surface area contributed by atoms with E-state index < -0.39 is 10.0 Å². The van der Waals surface area contributed by atoms with Crippen LogP contribution in [0.15, 0.2) is 53.9 Å². The van der Waals surface area contributed by atoms with Crippen molar-refractivity contribution in [3.05, 3.63) is 70.6 Å². The first-order valence-corrected chi connectivity index (χ1v) is 9.35. The number of para-hydroxylation sites is 1. The van der Waals surface area contributed by atoms with Crippen molar-refractivity contribution in [3.63, 3.8) is 0 Å². The molecule has 2 aromatic carbocycles. The number of carbonyl (C=O) groups is 1. The molecule has 2 aromatic rings. The molecule has 0 spiro atoms. The standard InChI is InChI=1S/C19H22N2O3S/c1-15-8-7-9-16(2)19(15)20-18(22)14-21(3)25(23,24)13-12-17-10-5-4-6-11-17/h4-13H,14H2,1-3H3,(H,20,22)/b13-12+. The topological polar surface area (TPSA) is 66.5 Å². The number of anilines is 1. The van der Waals surface area contributed by atoms with E-state index in [1.54, 1.807) is 12.1 Å². The van der Waals surface area contributed by atoms with Crippen LogP contribution in [0.3, 0.4) is 0 Å². The number of sulfonamides is 1. The van der Waals surface area contributed by atoms with Crippen LogP contribution < -0.4 is 5.32 Å². The van der Waals surface area contributed by atoms with Gasteiger partial charge in [0.05, 0.1) is 6.54 Å². The Kier molecular flexibility index (Phi) is 6.12. The van der Waals surface area contributed by atoms with E-state index in [4.69, 9.17) is 0 Å². The minimum Gasteiger partial charge on any atom is -0.324 e. The van der Waals surface area contributed by atoms with Gasteiger partial charge in [-0.25, -0.2) is 8.42 Å². The molecule has 0 aliphatic carbocycles. The van der Waals surface area contributed by atoms with Crippen LogP contribution in [0, 0.1) is 13.8 Å². The molecular formula is C19H22N2O3S. The summed E-state index contributed by atoms with van der Waals surface area (Å²) in [4.78, 5) is 12.2. The van der Waals surface area contributed by atoms with Crippen LogP contribution in [0.2, 0.25) is 0 Å². The predicted molar refractivity (Wildman–Crippen MR) is 102 cm³/mol. The largest absolute Gasteiger partial charge is 0.324 e. The highest BCUT2D eigenvalue weighted by Crippen LogP contribution is 2.19. The Bertz CT molecular complexity index is 855. The van der Waals surface area contributed by atoms with Gasteiger partial charge in [0.25, 0.3) is 0 Å². The highest BCUT2D eigenvalue weighted by atomic mass is 32.2. The molecule has 0 aliphatic heterocycles. The molecule has 132 valence electrons. The molecule has 2 rings (SSSR count). The number of hydrogen-bond acceptors (Lipinski definition) is 3. The smallest absolute Gasteiger partial charge is 0.239 e. The van der Waals surface area contributed by atoms with Gasteiger partial charge in [-0.3, -0.25) is 4.79 Å². The Morgan fingerprint density at radius 3 is 2.24 bits per heavy atom. The molecule has 0 unspecified atom stereocenters. The van der Waals surface area contributed by atoms with Crippen molar-refractivity contribution in [1.29, 1.82) is 0 Å². The molecule has 0 atom stereocenters. The van der Waals surface area contributed by atoms with Crippen molar-refractivity contribution in [2.24, 2.45) is 0 Å². The first-order chi connectivity index (χ1) is 11.8. The lowest BCUT2D eigenvalue weighted by Gasteiger charge is -2.16. The van der Waals surface area contributed by atoms with Crippen LogP contribution in [-0.2, 0) is 14.8 Å². The summed E-state index contributed by atoms with van der Waals surface area (Å²) in [6, 6.07) is 14.8. The molecule has 1 amide bonds. The van der Waals surface area contributed by atoms with Gasteiger partial charge in [-0.1, -0.05) is 48.5 Å². The molecule has 6 heteroatoms. The normalized spacial score (nSPS) is 11.8. The van der Waals surface area contributed by atoms with E-state index in [9.17, 15) is 13.2 Å². The first-order valence-electron chi connectivity index (χ1n) is 7.85. The summed E-state index contributed by atoms with van der Waals surface area (Å²) < 4.78 is 25.6. The van der Waals surface area contributed by atoms with E-state index in [2.05, 4.69) is 5.32 Å². The molecule has 0 aliphatic rings. The molecule has 1 N–H and O–H groups in total. The van der Waals surface area contributed by atoms with Gasteiger partial charge in [-0.05, 0) is 36.6 Å². The van der Waals surface area contributed by atoms with Crippen molar-refractivity contribution in [2.75, 3.05) is 18.9 Å². The number of amides is 1. The van der Waals surface area contributed by atoms with Crippen molar-refractivity contribution >= 4 is 27.7 Å². The summed E-state index contributed by atoms with van der Waals surface area (Å²) in [5.41, 5.74) is 3.36. The third-order valence-electron chi connectivity index (χ3n) is 3.78. The summed E-state index contributed by atoms with van der Waals surface area (Å²) in [6.07, 6.45) is 1.51. The van der Waals surface area contributed by atoms with Crippen LogP contribution >= 0.6 is 0 Å². The number of carbonyl (C=O) groups excluding carboxylic acids is 1. The lowest BCUT2D eigenvalue weighted by atomic mass is 10.1. The maximum atomic E-state index is 12.3. The van der Waals surface area contributed by atoms with Gasteiger partial charge >= 0.3 is 0 Å². The molecule has 0 heterocycles. The zero-order valence-electron chi connectivity index (χ0n) is 14.6. The zero-order chi connectivity index (χ0) is 18.4. The molecule has 25 heavy (non-hydrogen) atoms. The fourth-order valence-corrected chi connectivity index (χ4v) is 3.15. The summed E-state index contributed by atoms with van der Waals surface area (Å²) in [7, 11) is -2.29. The summed E-state index contributed by atoms with van der Waals surface area (Å²) in [5.74, 6) is -0.378. The van der Waals surface area contributed by atoms with Crippen molar-refractivity contribution in [2.45, 2.75) is 13.8 Å². The van der Waals surface area contributed by atoms with Crippen LogP contribution in [-0.4, -0.2) is 32.2 Å². The molecule has 0 saturated heterocycles. The van der Waals surface area contributed by atoms with E-state index in [1.807, 2.05) is 50.2 Å². The van der Waals surface area contributed by atoms with Crippen LogP contribution in [0.4, 0.5) is 5.69 Å². The maximum Gasteiger partial charge on any atom is 0.239 e. The second-order valence-electron chi connectivity index (χ2n) is 5.83. The van der Waals surface area contributed by atoms with Crippen molar-refractivity contribution in [3.8, 4) is 0 Å². The molecule has 5 nitrogen and oxygen atoms in total. The Morgan fingerprint density at radius 1 is 1.04 bits per heavy atom. The number of nitrogens with zero attached hydrogens (tertiary/aromatic N) is 1. The maximum absolute atomic E-state index is 12.3. The number of benzene rings is 2. The summed E-state index contributed by atoms with van der Waals surface area (Å²) >= 11 is 0. The van der Waals surface area contributed by atoms with Crippen LogP contribution in [0.25, 0.3) is 6.08 Å². The molecule has 0 radical (unpaired) electrons. The number of hydrogen-bond donors (Lipinski definition) is 1. The average Bonchev–Trinajstić information content (AvgIpc) is 2.57. The Morgan fingerprint density at radius 2 is 1.64 bits per heavy atom. The van der Waals surface area contributed by atoms with E-state index in [1.165, 1.54) is 13.1 Å². The monoisotopic (exact) mass is 358 g/mol. The molecule has 0 fully saturated rings. The average molecular weight is 358 g/mol. The minimum absolute atomic E-state index is 0.255. The highest BCUT2D eigenvalue weighted by Gasteiger charge is 2.18. The van der Waals surface area contributed by atoms with Crippen molar-refractivity contribution < 1.29 is 13.2 Å². The van der Waals surface area contributed by atoms with E-state index in [0.717, 1.165) is 32.1 Å². The Hall–Kier alpha value is -2.44. The van der Waals surface area contributed by atoms with Crippen LogP contribution in [0.1, 0.15) is 16.7 Å².